The lowest BCUT2D eigenvalue weighted by Gasteiger charge is -2.37. The number of nitrogens with zero attached hydrogens (tertiary/aromatic N) is 1. The van der Waals surface area contributed by atoms with E-state index in [4.69, 9.17) is 0 Å². The van der Waals surface area contributed by atoms with Crippen LogP contribution in [0, 0.1) is 20.8 Å². The van der Waals surface area contributed by atoms with Crippen molar-refractivity contribution in [2.45, 2.75) is 40.2 Å². The fourth-order valence-corrected chi connectivity index (χ4v) is 3.45. The lowest BCUT2D eigenvalue weighted by molar-refractivity contribution is 0.171. The Morgan fingerprint density at radius 1 is 1.20 bits per heavy atom. The van der Waals surface area contributed by atoms with Gasteiger partial charge in [0.05, 0.1) is 0 Å². The minimum Gasteiger partial charge on any atom is -0.314 e. The largest absolute Gasteiger partial charge is 0.314 e. The Hall–Kier alpha value is -1.12. The van der Waals surface area contributed by atoms with E-state index in [0.717, 1.165) is 32.6 Å². The van der Waals surface area contributed by atoms with Gasteiger partial charge in [-0.15, -0.1) is 6.58 Å². The van der Waals surface area contributed by atoms with Gasteiger partial charge in [0.25, 0.3) is 0 Å². The first kappa shape index (κ1) is 15.3. The second kappa shape index (κ2) is 6.55. The predicted molar refractivity (Wildman–Crippen MR) is 87.3 cm³/mol. The molecule has 1 heterocycles. The molecular formula is C18H28N2. The van der Waals surface area contributed by atoms with Crippen LogP contribution in [0.4, 0.5) is 0 Å². The molecule has 0 bridgehead atoms. The maximum Gasteiger partial charge on any atom is 0.0391 e. The maximum absolute atomic E-state index is 4.15. The van der Waals surface area contributed by atoms with Crippen molar-refractivity contribution in [3.63, 3.8) is 0 Å². The molecule has 1 aromatic rings. The van der Waals surface area contributed by atoms with E-state index in [1.54, 1.807) is 0 Å². The summed E-state index contributed by atoms with van der Waals surface area (Å²) < 4.78 is 0. The minimum atomic E-state index is 0.482. The molecule has 0 amide bonds. The SMILES string of the molecule is C=C(C)C[C@@H](c1c(C)cc(C)cc1C)N1CCNCC1. The molecule has 1 atom stereocenters. The molecule has 0 unspecified atom stereocenters. The highest BCUT2D eigenvalue weighted by atomic mass is 15.2. The van der Waals surface area contributed by atoms with Crippen LogP contribution < -0.4 is 5.32 Å². The summed E-state index contributed by atoms with van der Waals surface area (Å²) in [4.78, 5) is 2.62. The predicted octanol–water partition coefficient (Wildman–Crippen LogP) is 3.52. The maximum atomic E-state index is 4.15. The lowest BCUT2D eigenvalue weighted by atomic mass is 9.89. The summed E-state index contributed by atoms with van der Waals surface area (Å²) in [5.74, 6) is 0. The minimum absolute atomic E-state index is 0.482. The van der Waals surface area contributed by atoms with Crippen LogP contribution in [0.15, 0.2) is 24.3 Å². The van der Waals surface area contributed by atoms with Gasteiger partial charge in [-0.1, -0.05) is 23.3 Å². The zero-order valence-electron chi connectivity index (χ0n) is 13.4. The average Bonchev–Trinajstić information content (AvgIpc) is 2.37. The van der Waals surface area contributed by atoms with Crippen LogP contribution in [-0.4, -0.2) is 31.1 Å². The third kappa shape index (κ3) is 3.50. The van der Waals surface area contributed by atoms with E-state index in [-0.39, 0.29) is 0 Å². The Morgan fingerprint density at radius 2 is 1.75 bits per heavy atom. The molecule has 0 radical (unpaired) electrons. The van der Waals surface area contributed by atoms with Crippen molar-refractivity contribution in [2.24, 2.45) is 0 Å². The lowest BCUT2D eigenvalue weighted by Crippen LogP contribution is -2.45. The summed E-state index contributed by atoms with van der Waals surface area (Å²) in [7, 11) is 0. The Morgan fingerprint density at radius 3 is 2.25 bits per heavy atom. The van der Waals surface area contributed by atoms with Gasteiger partial charge in [-0.3, -0.25) is 4.90 Å². The summed E-state index contributed by atoms with van der Waals surface area (Å²) in [6.45, 7) is 17.4. The van der Waals surface area contributed by atoms with E-state index < -0.39 is 0 Å². The van der Waals surface area contributed by atoms with Crippen molar-refractivity contribution in [1.82, 2.24) is 10.2 Å². The number of benzene rings is 1. The average molecular weight is 272 g/mol. The third-order valence-electron chi connectivity index (χ3n) is 4.21. The highest BCUT2D eigenvalue weighted by Crippen LogP contribution is 2.32. The smallest absolute Gasteiger partial charge is 0.0391 e. The van der Waals surface area contributed by atoms with Crippen LogP contribution in [-0.2, 0) is 0 Å². The van der Waals surface area contributed by atoms with Crippen molar-refractivity contribution in [2.75, 3.05) is 26.2 Å². The fraction of sp³-hybridized carbons (Fsp3) is 0.556. The molecule has 1 fully saturated rings. The van der Waals surface area contributed by atoms with E-state index in [9.17, 15) is 0 Å². The van der Waals surface area contributed by atoms with E-state index in [1.165, 1.54) is 27.8 Å². The number of rotatable bonds is 4. The summed E-state index contributed by atoms with van der Waals surface area (Å²) >= 11 is 0. The van der Waals surface area contributed by atoms with E-state index >= 15 is 0 Å². The van der Waals surface area contributed by atoms with Gasteiger partial charge in [-0.2, -0.15) is 0 Å². The Balaban J connectivity index is 2.37. The van der Waals surface area contributed by atoms with Crippen LogP contribution in [0.1, 0.15) is 41.6 Å². The van der Waals surface area contributed by atoms with Crippen molar-refractivity contribution < 1.29 is 0 Å². The van der Waals surface area contributed by atoms with Crippen LogP contribution in [0.3, 0.4) is 0 Å². The standard InChI is InChI=1S/C18H28N2/c1-13(2)10-17(20-8-6-19-7-9-20)18-15(4)11-14(3)12-16(18)5/h11-12,17,19H,1,6-10H2,2-5H3/t17-/m0/s1. The van der Waals surface area contributed by atoms with E-state index in [2.05, 4.69) is 56.6 Å². The van der Waals surface area contributed by atoms with Gasteiger partial charge in [0.1, 0.15) is 0 Å². The number of aryl methyl sites for hydroxylation is 3. The molecule has 110 valence electrons. The molecule has 2 rings (SSSR count). The normalized spacial score (nSPS) is 18.0. The summed E-state index contributed by atoms with van der Waals surface area (Å²) in [5.41, 5.74) is 6.99. The number of hydrogen-bond acceptors (Lipinski definition) is 2. The van der Waals surface area contributed by atoms with Gasteiger partial charge in [0.2, 0.25) is 0 Å². The Labute approximate surface area is 123 Å². The molecule has 2 heteroatoms. The topological polar surface area (TPSA) is 15.3 Å². The monoisotopic (exact) mass is 272 g/mol. The summed E-state index contributed by atoms with van der Waals surface area (Å²) in [6, 6.07) is 5.11. The van der Waals surface area contributed by atoms with Crippen molar-refractivity contribution in [1.29, 1.82) is 0 Å². The highest BCUT2D eigenvalue weighted by molar-refractivity contribution is 5.40. The molecule has 0 spiro atoms. The van der Waals surface area contributed by atoms with Crippen molar-refractivity contribution in [3.8, 4) is 0 Å². The quantitative estimate of drug-likeness (QED) is 0.844. The zero-order chi connectivity index (χ0) is 14.7. The highest BCUT2D eigenvalue weighted by Gasteiger charge is 2.24. The van der Waals surface area contributed by atoms with E-state index in [1.807, 2.05) is 0 Å². The third-order valence-corrected chi connectivity index (χ3v) is 4.21. The Kier molecular flexibility index (Phi) is 5.00. The molecule has 20 heavy (non-hydrogen) atoms. The van der Waals surface area contributed by atoms with Crippen LogP contribution >= 0.6 is 0 Å². The summed E-state index contributed by atoms with van der Waals surface area (Å²) in [5, 5.41) is 3.45. The molecule has 1 aromatic carbocycles. The molecule has 1 saturated heterocycles. The van der Waals surface area contributed by atoms with Gasteiger partial charge >= 0.3 is 0 Å². The first-order chi connectivity index (χ1) is 9.49. The molecular weight excluding hydrogens is 244 g/mol. The molecule has 0 aromatic heterocycles. The number of piperazine rings is 1. The van der Waals surface area contributed by atoms with Gasteiger partial charge in [-0.25, -0.2) is 0 Å². The van der Waals surface area contributed by atoms with Crippen LogP contribution in [0.5, 0.6) is 0 Å². The molecule has 1 aliphatic heterocycles. The van der Waals surface area contributed by atoms with Gasteiger partial charge in [0.15, 0.2) is 0 Å². The molecule has 1 aliphatic rings. The molecule has 2 nitrogen and oxygen atoms in total. The van der Waals surface area contributed by atoms with Gasteiger partial charge in [0, 0.05) is 32.2 Å². The number of hydrogen-bond donors (Lipinski definition) is 1. The zero-order valence-corrected chi connectivity index (χ0v) is 13.4. The van der Waals surface area contributed by atoms with Crippen molar-refractivity contribution in [3.05, 3.63) is 46.5 Å². The van der Waals surface area contributed by atoms with Gasteiger partial charge in [-0.05, 0) is 50.8 Å². The van der Waals surface area contributed by atoms with Crippen molar-refractivity contribution >= 4 is 0 Å². The molecule has 0 aliphatic carbocycles. The van der Waals surface area contributed by atoms with Crippen LogP contribution in [0.2, 0.25) is 0 Å². The second-order valence-electron chi connectivity index (χ2n) is 6.28. The summed E-state index contributed by atoms with van der Waals surface area (Å²) in [6.07, 6.45) is 1.06. The Bertz CT molecular complexity index is 461. The van der Waals surface area contributed by atoms with Gasteiger partial charge < -0.3 is 5.32 Å². The molecule has 1 N–H and O–H groups in total. The first-order valence-electron chi connectivity index (χ1n) is 7.66. The number of nitrogens with one attached hydrogen (secondary N) is 1. The molecule has 0 saturated carbocycles. The van der Waals surface area contributed by atoms with E-state index in [0.29, 0.717) is 6.04 Å². The van der Waals surface area contributed by atoms with Crippen LogP contribution in [0.25, 0.3) is 0 Å². The fourth-order valence-electron chi connectivity index (χ4n) is 3.45. The second-order valence-corrected chi connectivity index (χ2v) is 6.28. The first-order valence-corrected chi connectivity index (χ1v) is 7.66.